The third-order valence-corrected chi connectivity index (χ3v) is 5.82. The standard InChI is InChI=1S/C26H28FN5O4.C2H6/c1-15-8-10-20(19(27)12-15)30-24-22(25(35)29-3)23(16(2)26(36)31(24)4)32(14-33)18-7-5-6-17(13-18)9-11-21(28)34;1-2/h5-8,10,12-14,30H,9,11H2,1-4H3,(H2,28,34)(H,29,35);1-2H3. The molecule has 3 aromatic rings. The highest BCUT2D eigenvalue weighted by Gasteiger charge is 2.28. The fraction of sp³-hybridized carbons (Fsp3) is 0.286. The first-order valence-electron chi connectivity index (χ1n) is 12.2. The zero-order chi connectivity index (χ0) is 28.6. The van der Waals surface area contributed by atoms with Crippen LogP contribution in [0.2, 0.25) is 0 Å². The van der Waals surface area contributed by atoms with E-state index in [-0.39, 0.29) is 34.7 Å². The van der Waals surface area contributed by atoms with E-state index < -0.39 is 23.2 Å². The average Bonchev–Trinajstić information content (AvgIpc) is 2.91. The molecule has 0 aliphatic carbocycles. The Hall–Kier alpha value is -4.47. The monoisotopic (exact) mass is 523 g/mol. The van der Waals surface area contributed by atoms with E-state index in [4.69, 9.17) is 5.73 Å². The van der Waals surface area contributed by atoms with E-state index in [0.29, 0.717) is 24.1 Å². The van der Waals surface area contributed by atoms with Crippen molar-refractivity contribution in [3.05, 3.63) is 80.9 Å². The Morgan fingerprint density at radius 3 is 2.39 bits per heavy atom. The number of pyridine rings is 1. The summed E-state index contributed by atoms with van der Waals surface area (Å²) >= 11 is 0. The van der Waals surface area contributed by atoms with Crippen molar-refractivity contribution in [2.24, 2.45) is 12.8 Å². The maximum absolute atomic E-state index is 14.7. The normalized spacial score (nSPS) is 10.2. The average molecular weight is 524 g/mol. The van der Waals surface area contributed by atoms with E-state index in [1.165, 1.54) is 42.6 Å². The summed E-state index contributed by atoms with van der Waals surface area (Å²) in [6.45, 7) is 7.25. The van der Waals surface area contributed by atoms with Crippen LogP contribution < -0.4 is 26.8 Å². The number of aryl methyl sites for hydroxylation is 2. The minimum absolute atomic E-state index is 0.0134. The quantitative estimate of drug-likeness (QED) is 0.366. The minimum Gasteiger partial charge on any atom is -0.370 e. The highest BCUT2D eigenvalue weighted by atomic mass is 19.1. The largest absolute Gasteiger partial charge is 0.370 e. The Bertz CT molecular complexity index is 1400. The van der Waals surface area contributed by atoms with Gasteiger partial charge >= 0.3 is 0 Å². The lowest BCUT2D eigenvalue weighted by Gasteiger charge is -2.26. The van der Waals surface area contributed by atoms with Crippen molar-refractivity contribution in [1.29, 1.82) is 0 Å². The van der Waals surface area contributed by atoms with Gasteiger partial charge in [0.15, 0.2) is 0 Å². The van der Waals surface area contributed by atoms with Gasteiger partial charge in [-0.3, -0.25) is 28.6 Å². The summed E-state index contributed by atoms with van der Waals surface area (Å²) in [6.07, 6.45) is 0.972. The molecule has 0 aliphatic heterocycles. The van der Waals surface area contributed by atoms with Crippen molar-refractivity contribution in [1.82, 2.24) is 9.88 Å². The van der Waals surface area contributed by atoms with Gasteiger partial charge in [-0.2, -0.15) is 0 Å². The lowest BCUT2D eigenvalue weighted by atomic mass is 10.0. The number of hydrogen-bond donors (Lipinski definition) is 3. The number of aromatic nitrogens is 1. The summed E-state index contributed by atoms with van der Waals surface area (Å²) < 4.78 is 15.9. The van der Waals surface area contributed by atoms with Gasteiger partial charge in [-0.25, -0.2) is 4.39 Å². The van der Waals surface area contributed by atoms with Gasteiger partial charge in [-0.05, 0) is 55.7 Å². The van der Waals surface area contributed by atoms with Gasteiger partial charge < -0.3 is 16.4 Å². The Morgan fingerprint density at radius 2 is 1.82 bits per heavy atom. The molecule has 0 aliphatic rings. The van der Waals surface area contributed by atoms with Gasteiger partial charge in [-0.1, -0.05) is 32.0 Å². The molecule has 1 aromatic heterocycles. The second-order valence-corrected chi connectivity index (χ2v) is 8.36. The lowest BCUT2D eigenvalue weighted by molar-refractivity contribution is -0.118. The van der Waals surface area contributed by atoms with Crippen LogP contribution in [-0.4, -0.2) is 29.8 Å². The van der Waals surface area contributed by atoms with Crippen LogP contribution in [0.3, 0.4) is 0 Å². The molecule has 10 heteroatoms. The van der Waals surface area contributed by atoms with Gasteiger partial charge in [-0.15, -0.1) is 0 Å². The maximum Gasteiger partial charge on any atom is 0.256 e. The van der Waals surface area contributed by atoms with E-state index in [2.05, 4.69) is 10.6 Å². The highest BCUT2D eigenvalue weighted by molar-refractivity contribution is 6.08. The number of hydrogen-bond acceptors (Lipinski definition) is 5. The Balaban J connectivity index is 0.00000247. The van der Waals surface area contributed by atoms with Crippen LogP contribution in [0.4, 0.5) is 27.3 Å². The van der Waals surface area contributed by atoms with Crippen LogP contribution in [0.5, 0.6) is 0 Å². The van der Waals surface area contributed by atoms with E-state index >= 15 is 0 Å². The molecule has 0 fully saturated rings. The van der Waals surface area contributed by atoms with E-state index in [0.717, 1.165) is 5.56 Å². The smallest absolute Gasteiger partial charge is 0.256 e. The molecule has 0 atom stereocenters. The van der Waals surface area contributed by atoms with Crippen molar-refractivity contribution < 1.29 is 18.8 Å². The molecule has 38 heavy (non-hydrogen) atoms. The fourth-order valence-corrected chi connectivity index (χ4v) is 3.93. The lowest BCUT2D eigenvalue weighted by Crippen LogP contribution is -2.33. The number of benzene rings is 2. The zero-order valence-electron chi connectivity index (χ0n) is 22.5. The summed E-state index contributed by atoms with van der Waals surface area (Å²) in [6, 6.07) is 11.3. The number of carbonyl (C=O) groups excluding carboxylic acids is 3. The molecular weight excluding hydrogens is 489 g/mol. The first kappa shape index (κ1) is 29.8. The molecule has 1 heterocycles. The molecule has 2 aromatic carbocycles. The first-order chi connectivity index (χ1) is 18.1. The molecule has 9 nitrogen and oxygen atoms in total. The fourth-order valence-electron chi connectivity index (χ4n) is 3.93. The second kappa shape index (κ2) is 13.2. The molecule has 4 N–H and O–H groups in total. The number of rotatable bonds is 9. The van der Waals surface area contributed by atoms with Gasteiger partial charge in [0.25, 0.3) is 11.5 Å². The number of nitrogens with two attached hydrogens (primary N) is 1. The number of primary amides is 1. The Labute approximate surface area is 221 Å². The third-order valence-electron chi connectivity index (χ3n) is 5.82. The van der Waals surface area contributed by atoms with Crippen molar-refractivity contribution in [2.45, 2.75) is 40.5 Å². The Morgan fingerprint density at radius 1 is 1.13 bits per heavy atom. The summed E-state index contributed by atoms with van der Waals surface area (Å²) in [7, 11) is 2.87. The summed E-state index contributed by atoms with van der Waals surface area (Å²) in [5.74, 6) is -1.60. The van der Waals surface area contributed by atoms with Crippen molar-refractivity contribution in [2.75, 3.05) is 17.3 Å². The molecule has 3 rings (SSSR count). The molecule has 0 spiro atoms. The van der Waals surface area contributed by atoms with Crippen molar-refractivity contribution in [3.8, 4) is 0 Å². The molecule has 0 saturated carbocycles. The zero-order valence-corrected chi connectivity index (χ0v) is 22.5. The number of carbonyl (C=O) groups is 3. The maximum atomic E-state index is 14.7. The predicted octanol–water partition coefficient (Wildman–Crippen LogP) is 3.98. The van der Waals surface area contributed by atoms with Gasteiger partial charge in [0.1, 0.15) is 17.2 Å². The molecule has 202 valence electrons. The van der Waals surface area contributed by atoms with E-state index in [1.807, 2.05) is 13.8 Å². The van der Waals surface area contributed by atoms with Crippen molar-refractivity contribution in [3.63, 3.8) is 0 Å². The third kappa shape index (κ3) is 6.44. The molecule has 0 saturated heterocycles. The van der Waals surface area contributed by atoms with Crippen LogP contribution in [-0.2, 0) is 23.1 Å². The number of halogens is 1. The molecule has 3 amide bonds. The highest BCUT2D eigenvalue weighted by Crippen LogP contribution is 2.35. The molecule has 0 radical (unpaired) electrons. The van der Waals surface area contributed by atoms with Crippen LogP contribution in [0.25, 0.3) is 0 Å². The summed E-state index contributed by atoms with van der Waals surface area (Å²) in [5.41, 5.74) is 6.81. The van der Waals surface area contributed by atoms with Crippen LogP contribution in [0.1, 0.15) is 47.3 Å². The number of anilines is 4. The van der Waals surface area contributed by atoms with E-state index in [9.17, 15) is 23.6 Å². The topological polar surface area (TPSA) is 127 Å². The molecular formula is C28H34FN5O4. The van der Waals surface area contributed by atoms with Gasteiger partial charge in [0.2, 0.25) is 12.3 Å². The number of nitrogens with zero attached hydrogens (tertiary/aromatic N) is 2. The number of amides is 3. The van der Waals surface area contributed by atoms with Crippen LogP contribution >= 0.6 is 0 Å². The SMILES string of the molecule is CC.CNC(=O)c1c(N(C=O)c2cccc(CCC(N)=O)c2)c(C)c(=O)n(C)c1Nc1ccc(C)cc1F. The Kier molecular flexibility index (Phi) is 10.3. The van der Waals surface area contributed by atoms with Gasteiger partial charge in [0.05, 0.1) is 11.4 Å². The van der Waals surface area contributed by atoms with Crippen LogP contribution in [0, 0.1) is 19.7 Å². The van der Waals surface area contributed by atoms with Crippen molar-refractivity contribution >= 4 is 41.1 Å². The molecule has 0 bridgehead atoms. The predicted molar refractivity (Wildman–Crippen MR) is 148 cm³/mol. The minimum atomic E-state index is -0.588. The second-order valence-electron chi connectivity index (χ2n) is 8.36. The summed E-state index contributed by atoms with van der Waals surface area (Å²) in [5, 5.41) is 5.41. The van der Waals surface area contributed by atoms with E-state index in [1.54, 1.807) is 37.3 Å². The van der Waals surface area contributed by atoms with Crippen LogP contribution in [0.15, 0.2) is 47.3 Å². The number of nitrogens with one attached hydrogen (secondary N) is 2. The van der Waals surface area contributed by atoms with Gasteiger partial charge in [0, 0.05) is 31.8 Å². The molecule has 0 unspecified atom stereocenters. The first-order valence-corrected chi connectivity index (χ1v) is 12.2. The summed E-state index contributed by atoms with van der Waals surface area (Å²) in [4.78, 5) is 51.1.